The largest absolute Gasteiger partial charge is 0.340 e. The smallest absolute Gasteiger partial charge is 0.271 e. The Labute approximate surface area is 135 Å². The van der Waals surface area contributed by atoms with Gasteiger partial charge in [0.15, 0.2) is 0 Å². The number of fused-ring (bicyclic) bond motifs is 1. The van der Waals surface area contributed by atoms with Crippen molar-refractivity contribution in [1.82, 2.24) is 14.5 Å². The Bertz CT molecular complexity index is 901. The number of carbonyl (C=O) groups is 1. The first kappa shape index (κ1) is 14.9. The molecule has 4 heteroatoms. The van der Waals surface area contributed by atoms with Crippen molar-refractivity contribution in [3.63, 3.8) is 0 Å². The molecule has 0 fully saturated rings. The molecule has 2 aromatic heterocycles. The Morgan fingerprint density at radius 3 is 2.74 bits per heavy atom. The Hall–Kier alpha value is -3.06. The highest BCUT2D eigenvalue weighted by molar-refractivity contribution is 5.98. The maximum atomic E-state index is 12.6. The summed E-state index contributed by atoms with van der Waals surface area (Å²) < 4.78 is 1.92. The molecular formula is C19H17N3O. The van der Waals surface area contributed by atoms with Gasteiger partial charge in [0.25, 0.3) is 5.91 Å². The molecule has 0 saturated heterocycles. The predicted octanol–water partition coefficient (Wildman–Crippen LogP) is 2.70. The molecule has 3 aromatic rings. The summed E-state index contributed by atoms with van der Waals surface area (Å²) in [6, 6.07) is 15.5. The molecule has 4 nitrogen and oxygen atoms in total. The van der Waals surface area contributed by atoms with E-state index in [1.165, 1.54) is 0 Å². The molecule has 0 N–H and O–H groups in total. The highest BCUT2D eigenvalue weighted by Crippen LogP contribution is 2.19. The van der Waals surface area contributed by atoms with Crippen LogP contribution in [0, 0.1) is 11.8 Å². The zero-order valence-electron chi connectivity index (χ0n) is 13.2. The molecule has 1 aromatic carbocycles. The number of aryl methyl sites for hydroxylation is 1. The third-order valence-corrected chi connectivity index (χ3v) is 3.72. The van der Waals surface area contributed by atoms with Gasteiger partial charge < -0.3 is 9.47 Å². The van der Waals surface area contributed by atoms with Crippen LogP contribution in [-0.2, 0) is 7.05 Å². The average Bonchev–Trinajstić information content (AvgIpc) is 2.92. The number of pyridine rings is 1. The van der Waals surface area contributed by atoms with Crippen LogP contribution in [0.25, 0.3) is 10.9 Å². The Balaban J connectivity index is 1.77. The minimum Gasteiger partial charge on any atom is -0.340 e. The molecular weight excluding hydrogens is 286 g/mol. The SMILES string of the molecule is CN(CC#Cc1ccccn1)C(=O)c1cc2ccccc2n1C. The average molecular weight is 303 g/mol. The second-order valence-electron chi connectivity index (χ2n) is 5.33. The predicted molar refractivity (Wildman–Crippen MR) is 91.0 cm³/mol. The van der Waals surface area contributed by atoms with E-state index in [0.29, 0.717) is 17.9 Å². The third kappa shape index (κ3) is 3.09. The number of hydrogen-bond acceptors (Lipinski definition) is 2. The topological polar surface area (TPSA) is 38.1 Å². The molecule has 23 heavy (non-hydrogen) atoms. The molecule has 0 spiro atoms. The summed E-state index contributed by atoms with van der Waals surface area (Å²) in [5.74, 6) is 5.91. The summed E-state index contributed by atoms with van der Waals surface area (Å²) in [6.45, 7) is 0.358. The van der Waals surface area contributed by atoms with Gasteiger partial charge in [-0.05, 0) is 30.2 Å². The van der Waals surface area contributed by atoms with Gasteiger partial charge >= 0.3 is 0 Å². The molecule has 0 saturated carbocycles. The van der Waals surface area contributed by atoms with E-state index in [1.54, 1.807) is 18.1 Å². The Kier molecular flexibility index (Phi) is 4.11. The molecule has 3 rings (SSSR count). The molecule has 0 unspecified atom stereocenters. The lowest BCUT2D eigenvalue weighted by atomic mass is 10.2. The van der Waals surface area contributed by atoms with Gasteiger partial charge in [0, 0.05) is 31.2 Å². The van der Waals surface area contributed by atoms with Gasteiger partial charge in [-0.25, -0.2) is 4.98 Å². The molecule has 0 aliphatic rings. The second kappa shape index (κ2) is 6.37. The lowest BCUT2D eigenvalue weighted by Gasteiger charge is -2.14. The van der Waals surface area contributed by atoms with Crippen LogP contribution in [0.5, 0.6) is 0 Å². The van der Waals surface area contributed by atoms with Crippen LogP contribution in [0.1, 0.15) is 16.2 Å². The van der Waals surface area contributed by atoms with Crippen molar-refractivity contribution in [2.45, 2.75) is 0 Å². The summed E-state index contributed by atoms with van der Waals surface area (Å²) in [7, 11) is 3.66. The van der Waals surface area contributed by atoms with E-state index >= 15 is 0 Å². The summed E-state index contributed by atoms with van der Waals surface area (Å²) in [5, 5.41) is 1.06. The molecule has 0 atom stereocenters. The third-order valence-electron chi connectivity index (χ3n) is 3.72. The highest BCUT2D eigenvalue weighted by Gasteiger charge is 2.16. The first-order chi connectivity index (χ1) is 11.2. The molecule has 0 radical (unpaired) electrons. The van der Waals surface area contributed by atoms with Crippen molar-refractivity contribution in [1.29, 1.82) is 0 Å². The number of hydrogen-bond donors (Lipinski definition) is 0. The van der Waals surface area contributed by atoms with Crippen LogP contribution >= 0.6 is 0 Å². The van der Waals surface area contributed by atoms with Gasteiger partial charge in [0.2, 0.25) is 0 Å². The van der Waals surface area contributed by atoms with Crippen LogP contribution in [0.4, 0.5) is 0 Å². The maximum absolute atomic E-state index is 12.6. The van der Waals surface area contributed by atoms with Crippen LogP contribution in [0.3, 0.4) is 0 Å². The fourth-order valence-corrected chi connectivity index (χ4v) is 2.45. The molecule has 2 heterocycles. The van der Waals surface area contributed by atoms with E-state index in [9.17, 15) is 4.79 Å². The van der Waals surface area contributed by atoms with Crippen molar-refractivity contribution in [2.24, 2.45) is 7.05 Å². The molecule has 0 aliphatic carbocycles. The molecule has 0 bridgehead atoms. The molecule has 114 valence electrons. The number of amides is 1. The van der Waals surface area contributed by atoms with Crippen LogP contribution in [-0.4, -0.2) is 34.0 Å². The Morgan fingerprint density at radius 1 is 1.22 bits per heavy atom. The number of aromatic nitrogens is 2. The number of para-hydroxylation sites is 1. The zero-order chi connectivity index (χ0) is 16.2. The summed E-state index contributed by atoms with van der Waals surface area (Å²) in [4.78, 5) is 18.4. The first-order valence-corrected chi connectivity index (χ1v) is 7.36. The lowest BCUT2D eigenvalue weighted by Crippen LogP contribution is -2.28. The van der Waals surface area contributed by atoms with Gasteiger partial charge in [0.1, 0.15) is 11.4 Å². The van der Waals surface area contributed by atoms with Gasteiger partial charge in [0.05, 0.1) is 6.54 Å². The quantitative estimate of drug-likeness (QED) is 0.683. The zero-order valence-corrected chi connectivity index (χ0v) is 13.2. The van der Waals surface area contributed by atoms with E-state index in [-0.39, 0.29) is 5.91 Å². The van der Waals surface area contributed by atoms with Crippen molar-refractivity contribution in [3.8, 4) is 11.8 Å². The standard InChI is InChI=1S/C19H17N3O/c1-21(13-7-10-16-9-5-6-12-20-16)19(23)18-14-15-8-3-4-11-17(15)22(18)2/h3-6,8-9,11-12,14H,13H2,1-2H3. The van der Waals surface area contributed by atoms with Crippen LogP contribution in [0.15, 0.2) is 54.7 Å². The van der Waals surface area contributed by atoms with Crippen LogP contribution < -0.4 is 0 Å². The number of carbonyl (C=O) groups excluding carboxylic acids is 1. The number of rotatable bonds is 2. The van der Waals surface area contributed by atoms with Crippen molar-refractivity contribution in [3.05, 3.63) is 66.1 Å². The minimum atomic E-state index is -0.0426. The second-order valence-corrected chi connectivity index (χ2v) is 5.33. The maximum Gasteiger partial charge on any atom is 0.271 e. The van der Waals surface area contributed by atoms with Crippen LogP contribution in [0.2, 0.25) is 0 Å². The minimum absolute atomic E-state index is 0.0426. The van der Waals surface area contributed by atoms with E-state index in [0.717, 1.165) is 10.9 Å². The van der Waals surface area contributed by atoms with Gasteiger partial charge in [-0.3, -0.25) is 4.79 Å². The Morgan fingerprint density at radius 2 is 2.00 bits per heavy atom. The van der Waals surface area contributed by atoms with Crippen molar-refractivity contribution < 1.29 is 4.79 Å². The van der Waals surface area contributed by atoms with Crippen molar-refractivity contribution >= 4 is 16.8 Å². The highest BCUT2D eigenvalue weighted by atomic mass is 16.2. The summed E-state index contributed by atoms with van der Waals surface area (Å²) in [5.41, 5.74) is 2.41. The monoisotopic (exact) mass is 303 g/mol. The van der Waals surface area contributed by atoms with Crippen molar-refractivity contribution in [2.75, 3.05) is 13.6 Å². The lowest BCUT2D eigenvalue weighted by molar-refractivity contribution is 0.0804. The number of nitrogens with zero attached hydrogens (tertiary/aromatic N) is 3. The van der Waals surface area contributed by atoms with Gasteiger partial charge in [-0.15, -0.1) is 0 Å². The molecule has 0 aliphatic heterocycles. The molecule has 1 amide bonds. The summed E-state index contributed by atoms with van der Waals surface area (Å²) in [6.07, 6.45) is 1.70. The van der Waals surface area contributed by atoms with E-state index in [2.05, 4.69) is 16.8 Å². The van der Waals surface area contributed by atoms with Gasteiger partial charge in [-0.1, -0.05) is 30.2 Å². The van der Waals surface area contributed by atoms with E-state index < -0.39 is 0 Å². The fourth-order valence-electron chi connectivity index (χ4n) is 2.45. The van der Waals surface area contributed by atoms with Gasteiger partial charge in [-0.2, -0.15) is 0 Å². The number of benzene rings is 1. The first-order valence-electron chi connectivity index (χ1n) is 7.36. The van der Waals surface area contributed by atoms with E-state index in [4.69, 9.17) is 0 Å². The fraction of sp³-hybridized carbons (Fsp3) is 0.158. The normalized spacial score (nSPS) is 10.2. The van der Waals surface area contributed by atoms with E-state index in [1.807, 2.05) is 60.1 Å². The summed E-state index contributed by atoms with van der Waals surface area (Å²) >= 11 is 0.